The second-order valence-electron chi connectivity index (χ2n) is 7.20. The molecule has 0 radical (unpaired) electrons. The van der Waals surface area contributed by atoms with E-state index in [0.717, 1.165) is 19.4 Å². The third kappa shape index (κ3) is 3.95. The molecule has 1 aromatic carbocycles. The third-order valence-corrected chi connectivity index (χ3v) is 7.49. The first-order valence-corrected chi connectivity index (χ1v) is 10.3. The molecule has 5 heteroatoms. The number of sulfonamides is 1. The highest BCUT2D eigenvalue weighted by Crippen LogP contribution is 2.40. The van der Waals surface area contributed by atoms with Gasteiger partial charge in [0.25, 0.3) is 0 Å². The molecule has 4 nitrogen and oxygen atoms in total. The maximum Gasteiger partial charge on any atom is 0.216 e. The van der Waals surface area contributed by atoms with E-state index in [2.05, 4.69) is 35.6 Å². The molecule has 1 aromatic rings. The predicted molar refractivity (Wildman–Crippen MR) is 93.9 cm³/mol. The van der Waals surface area contributed by atoms with Crippen LogP contribution in [0.5, 0.6) is 0 Å². The highest BCUT2D eigenvalue weighted by Gasteiger charge is 2.38. The average Bonchev–Trinajstić information content (AvgIpc) is 3.34. The van der Waals surface area contributed by atoms with Crippen molar-refractivity contribution < 1.29 is 8.42 Å². The van der Waals surface area contributed by atoms with Crippen LogP contribution in [0.15, 0.2) is 30.3 Å². The number of hydrogen-bond acceptors (Lipinski definition) is 3. The Morgan fingerprint density at radius 1 is 1.17 bits per heavy atom. The van der Waals surface area contributed by atoms with E-state index in [-0.39, 0.29) is 5.25 Å². The van der Waals surface area contributed by atoms with Crippen molar-refractivity contribution >= 4 is 10.0 Å². The molecular weight excluding hydrogens is 308 g/mol. The Bertz CT molecular complexity index is 607. The molecule has 1 saturated carbocycles. The van der Waals surface area contributed by atoms with Crippen LogP contribution in [0.2, 0.25) is 0 Å². The van der Waals surface area contributed by atoms with Crippen molar-refractivity contribution in [3.05, 3.63) is 35.9 Å². The van der Waals surface area contributed by atoms with E-state index in [4.69, 9.17) is 0 Å². The molecule has 1 heterocycles. The smallest absolute Gasteiger partial charge is 0.216 e. The monoisotopic (exact) mass is 336 g/mol. The number of nitrogens with one attached hydrogen (secondary N) is 1. The van der Waals surface area contributed by atoms with Crippen molar-refractivity contribution in [1.29, 1.82) is 0 Å². The minimum atomic E-state index is -3.07. The molecule has 23 heavy (non-hydrogen) atoms. The maximum atomic E-state index is 12.2. The normalized spacial score (nSPS) is 26.6. The van der Waals surface area contributed by atoms with Gasteiger partial charge in [0.05, 0.1) is 5.25 Å². The molecule has 128 valence electrons. The molecule has 1 aliphatic carbocycles. The van der Waals surface area contributed by atoms with Crippen molar-refractivity contribution in [3.63, 3.8) is 0 Å². The summed E-state index contributed by atoms with van der Waals surface area (Å²) in [7, 11) is -3.07. The summed E-state index contributed by atoms with van der Waals surface area (Å²) in [6.07, 6.45) is 3.17. The van der Waals surface area contributed by atoms with E-state index in [0.29, 0.717) is 31.0 Å². The van der Waals surface area contributed by atoms with Gasteiger partial charge in [-0.3, -0.25) is 0 Å². The molecule has 1 unspecified atom stereocenters. The van der Waals surface area contributed by atoms with Crippen LogP contribution in [0.4, 0.5) is 0 Å². The fraction of sp³-hybridized carbons (Fsp3) is 0.667. The Hall–Kier alpha value is -0.910. The van der Waals surface area contributed by atoms with E-state index in [9.17, 15) is 8.42 Å². The number of hydrogen-bond donors (Lipinski definition) is 1. The maximum absolute atomic E-state index is 12.2. The molecule has 0 aromatic heterocycles. The summed E-state index contributed by atoms with van der Waals surface area (Å²) in [6, 6.07) is 11.3. The summed E-state index contributed by atoms with van der Waals surface area (Å²) in [4.78, 5) is 0. The number of rotatable bonds is 6. The van der Waals surface area contributed by atoms with Crippen LogP contribution in [-0.2, 0) is 10.0 Å². The van der Waals surface area contributed by atoms with Crippen molar-refractivity contribution in [3.8, 4) is 0 Å². The second-order valence-corrected chi connectivity index (χ2v) is 9.69. The molecule has 1 aliphatic heterocycles. The summed E-state index contributed by atoms with van der Waals surface area (Å²) in [5.74, 6) is 1.27. The van der Waals surface area contributed by atoms with Gasteiger partial charge in [-0.05, 0) is 51.1 Å². The van der Waals surface area contributed by atoms with Crippen LogP contribution in [-0.4, -0.2) is 43.6 Å². The lowest BCUT2D eigenvalue weighted by molar-refractivity contribution is 0.265. The van der Waals surface area contributed by atoms with Crippen LogP contribution in [0.1, 0.15) is 44.6 Å². The predicted octanol–water partition coefficient (Wildman–Crippen LogP) is 2.58. The zero-order chi connectivity index (χ0) is 16.4. The van der Waals surface area contributed by atoms with Crippen LogP contribution >= 0.6 is 0 Å². The van der Waals surface area contributed by atoms with Crippen LogP contribution in [0.3, 0.4) is 0 Å². The third-order valence-electron chi connectivity index (χ3n) is 5.22. The van der Waals surface area contributed by atoms with Gasteiger partial charge in [-0.2, -0.15) is 0 Å². The van der Waals surface area contributed by atoms with Crippen LogP contribution in [0, 0.1) is 5.92 Å². The largest absolute Gasteiger partial charge is 0.313 e. The number of benzene rings is 1. The van der Waals surface area contributed by atoms with E-state index < -0.39 is 10.0 Å². The van der Waals surface area contributed by atoms with E-state index in [1.807, 2.05) is 0 Å². The van der Waals surface area contributed by atoms with Crippen molar-refractivity contribution in [2.45, 2.75) is 50.3 Å². The zero-order valence-electron chi connectivity index (χ0n) is 14.1. The zero-order valence-corrected chi connectivity index (χ0v) is 14.9. The fourth-order valence-electron chi connectivity index (χ4n) is 3.47. The van der Waals surface area contributed by atoms with Gasteiger partial charge in [-0.15, -0.1) is 0 Å². The summed E-state index contributed by atoms with van der Waals surface area (Å²) in [5.41, 5.74) is 1.43. The summed E-state index contributed by atoms with van der Waals surface area (Å²) in [6.45, 7) is 5.91. The van der Waals surface area contributed by atoms with Gasteiger partial charge in [-0.1, -0.05) is 30.3 Å². The number of piperidine rings is 1. The first-order chi connectivity index (χ1) is 11.0. The van der Waals surface area contributed by atoms with Crippen molar-refractivity contribution in [1.82, 2.24) is 9.62 Å². The quantitative estimate of drug-likeness (QED) is 0.869. The van der Waals surface area contributed by atoms with Crippen LogP contribution < -0.4 is 5.32 Å². The standard InChI is InChI=1S/C18H28N2O2S/c1-14(2)23(21,22)20-10-8-15(9-11-20)13-19-18-12-17(18)16-6-4-3-5-7-16/h3-7,14-15,17-19H,8-13H2,1-2H3/t17-,18?/m0/s1. The SMILES string of the molecule is CC(C)S(=O)(=O)N1CCC(CNC2C[C@H]2c2ccccc2)CC1. The topological polar surface area (TPSA) is 49.4 Å². The van der Waals surface area contributed by atoms with Gasteiger partial charge in [0.15, 0.2) is 0 Å². The molecule has 1 N–H and O–H groups in total. The van der Waals surface area contributed by atoms with Gasteiger partial charge in [-0.25, -0.2) is 12.7 Å². The molecule has 2 fully saturated rings. The summed E-state index contributed by atoms with van der Waals surface area (Å²) >= 11 is 0. The van der Waals surface area contributed by atoms with Crippen molar-refractivity contribution in [2.75, 3.05) is 19.6 Å². The van der Waals surface area contributed by atoms with Gasteiger partial charge < -0.3 is 5.32 Å². The fourth-order valence-corrected chi connectivity index (χ4v) is 4.79. The molecule has 0 spiro atoms. The lowest BCUT2D eigenvalue weighted by atomic mass is 9.98. The molecule has 2 aliphatic rings. The van der Waals surface area contributed by atoms with E-state index in [1.54, 1.807) is 18.2 Å². The molecular formula is C18H28N2O2S. The van der Waals surface area contributed by atoms with E-state index >= 15 is 0 Å². The van der Waals surface area contributed by atoms with Crippen LogP contribution in [0.25, 0.3) is 0 Å². The lowest BCUT2D eigenvalue weighted by Gasteiger charge is -2.32. The van der Waals surface area contributed by atoms with Gasteiger partial charge in [0, 0.05) is 25.0 Å². The van der Waals surface area contributed by atoms with Gasteiger partial charge >= 0.3 is 0 Å². The first kappa shape index (κ1) is 16.9. The average molecular weight is 337 g/mol. The summed E-state index contributed by atoms with van der Waals surface area (Å²) in [5, 5.41) is 3.37. The Kier molecular flexibility index (Phi) is 5.09. The van der Waals surface area contributed by atoms with Gasteiger partial charge in [0.1, 0.15) is 0 Å². The Labute approximate surface area is 140 Å². The molecule has 1 saturated heterocycles. The molecule has 3 rings (SSSR count). The Morgan fingerprint density at radius 2 is 1.83 bits per heavy atom. The highest BCUT2D eigenvalue weighted by atomic mass is 32.2. The minimum Gasteiger partial charge on any atom is -0.313 e. The first-order valence-electron chi connectivity index (χ1n) is 8.75. The Morgan fingerprint density at radius 3 is 2.43 bits per heavy atom. The second kappa shape index (κ2) is 6.91. The number of nitrogens with zero attached hydrogens (tertiary/aromatic N) is 1. The minimum absolute atomic E-state index is 0.310. The molecule has 2 atom stereocenters. The summed E-state index contributed by atoms with van der Waals surface area (Å²) < 4.78 is 26.0. The molecule has 0 amide bonds. The lowest BCUT2D eigenvalue weighted by Crippen LogP contribution is -2.43. The van der Waals surface area contributed by atoms with E-state index in [1.165, 1.54) is 12.0 Å². The molecule has 0 bridgehead atoms. The van der Waals surface area contributed by atoms with Crippen molar-refractivity contribution in [2.24, 2.45) is 5.92 Å². The Balaban J connectivity index is 1.41. The van der Waals surface area contributed by atoms with Gasteiger partial charge in [0.2, 0.25) is 10.0 Å². The highest BCUT2D eigenvalue weighted by molar-refractivity contribution is 7.89.